The summed E-state index contributed by atoms with van der Waals surface area (Å²) in [5.74, 6) is 0.502. The zero-order valence-corrected chi connectivity index (χ0v) is 8.86. The zero-order chi connectivity index (χ0) is 9.53. The van der Waals surface area contributed by atoms with Gasteiger partial charge in [0.05, 0.1) is 0 Å². The molecule has 2 aliphatic rings. The van der Waals surface area contributed by atoms with E-state index in [4.69, 9.17) is 0 Å². The maximum atomic E-state index is 11.5. The summed E-state index contributed by atoms with van der Waals surface area (Å²) in [6.07, 6.45) is 8.16. The molecule has 0 radical (unpaired) electrons. The number of ketones is 1. The van der Waals surface area contributed by atoms with Crippen molar-refractivity contribution < 1.29 is 4.79 Å². The molecular formula is C12H20O. The molecule has 2 fully saturated rings. The van der Waals surface area contributed by atoms with Crippen LogP contribution in [-0.4, -0.2) is 5.78 Å². The van der Waals surface area contributed by atoms with Crippen molar-refractivity contribution in [3.05, 3.63) is 0 Å². The van der Waals surface area contributed by atoms with Crippen molar-refractivity contribution in [2.45, 2.75) is 58.8 Å². The summed E-state index contributed by atoms with van der Waals surface area (Å²) in [6.45, 7) is 4.74. The summed E-state index contributed by atoms with van der Waals surface area (Å²) in [5, 5.41) is 0. The first-order valence-electron chi connectivity index (χ1n) is 5.58. The van der Waals surface area contributed by atoms with Crippen molar-refractivity contribution in [2.75, 3.05) is 0 Å². The summed E-state index contributed by atoms with van der Waals surface area (Å²) in [6, 6.07) is 0. The fourth-order valence-corrected chi connectivity index (χ4v) is 3.30. The van der Waals surface area contributed by atoms with Crippen LogP contribution in [0.1, 0.15) is 58.8 Å². The lowest BCUT2D eigenvalue weighted by molar-refractivity contribution is -0.132. The van der Waals surface area contributed by atoms with Gasteiger partial charge < -0.3 is 0 Å². The molecule has 0 aromatic rings. The van der Waals surface area contributed by atoms with E-state index in [1.165, 1.54) is 25.7 Å². The van der Waals surface area contributed by atoms with Crippen LogP contribution in [0.3, 0.4) is 0 Å². The number of fused-ring (bicyclic) bond motifs is 1. The van der Waals surface area contributed by atoms with E-state index in [1.807, 2.05) is 0 Å². The highest BCUT2D eigenvalue weighted by Gasteiger charge is 2.49. The number of hydrogen-bond acceptors (Lipinski definition) is 1. The highest BCUT2D eigenvalue weighted by atomic mass is 16.1. The van der Waals surface area contributed by atoms with E-state index in [9.17, 15) is 4.79 Å². The smallest absolute Gasteiger partial charge is 0.133 e. The summed E-state index contributed by atoms with van der Waals surface area (Å²) in [5.41, 5.74) is 0.805. The molecule has 2 atom stereocenters. The monoisotopic (exact) mass is 180 g/mol. The first-order chi connectivity index (χ1) is 6.06. The standard InChI is InChI=1S/C12H20O/c1-11-6-3-4-7-12(11,2)9-10(13)5-8-11/h3-9H2,1-2H3/t11-,12+/m1/s1. The van der Waals surface area contributed by atoms with E-state index >= 15 is 0 Å². The molecule has 1 heteroatoms. The van der Waals surface area contributed by atoms with Crippen LogP contribution in [0.2, 0.25) is 0 Å². The Kier molecular flexibility index (Phi) is 2.01. The van der Waals surface area contributed by atoms with Gasteiger partial charge in [0.2, 0.25) is 0 Å². The van der Waals surface area contributed by atoms with E-state index in [2.05, 4.69) is 13.8 Å². The molecule has 2 aliphatic carbocycles. The Morgan fingerprint density at radius 2 is 1.62 bits per heavy atom. The van der Waals surface area contributed by atoms with Gasteiger partial charge in [0, 0.05) is 12.8 Å². The van der Waals surface area contributed by atoms with Gasteiger partial charge in [-0.3, -0.25) is 4.79 Å². The number of carbonyl (C=O) groups excluding carboxylic acids is 1. The van der Waals surface area contributed by atoms with Crippen LogP contribution in [0.15, 0.2) is 0 Å². The van der Waals surface area contributed by atoms with Gasteiger partial charge in [-0.05, 0) is 30.1 Å². The highest BCUT2D eigenvalue weighted by molar-refractivity contribution is 5.80. The summed E-state index contributed by atoms with van der Waals surface area (Å²) < 4.78 is 0. The van der Waals surface area contributed by atoms with Gasteiger partial charge in [0.15, 0.2) is 0 Å². The molecule has 0 aliphatic heterocycles. The first-order valence-corrected chi connectivity index (χ1v) is 5.58. The van der Waals surface area contributed by atoms with E-state index in [-0.39, 0.29) is 0 Å². The zero-order valence-electron chi connectivity index (χ0n) is 8.86. The molecule has 0 heterocycles. The second-order valence-corrected chi connectivity index (χ2v) is 5.54. The Bertz CT molecular complexity index is 233. The molecule has 0 saturated heterocycles. The molecule has 0 spiro atoms. The van der Waals surface area contributed by atoms with Crippen LogP contribution >= 0.6 is 0 Å². The Labute approximate surface area is 80.9 Å². The first kappa shape index (κ1) is 9.23. The predicted molar refractivity (Wildman–Crippen MR) is 53.5 cm³/mol. The maximum absolute atomic E-state index is 11.5. The predicted octanol–water partition coefficient (Wildman–Crippen LogP) is 3.33. The van der Waals surface area contributed by atoms with Crippen molar-refractivity contribution in [2.24, 2.45) is 10.8 Å². The largest absolute Gasteiger partial charge is 0.300 e. The van der Waals surface area contributed by atoms with Crippen LogP contribution in [0.4, 0.5) is 0 Å². The number of hydrogen-bond donors (Lipinski definition) is 0. The molecule has 0 unspecified atom stereocenters. The molecular weight excluding hydrogens is 160 g/mol. The molecule has 1 nitrogen and oxygen atoms in total. The molecule has 0 N–H and O–H groups in total. The van der Waals surface area contributed by atoms with Crippen LogP contribution < -0.4 is 0 Å². The average molecular weight is 180 g/mol. The molecule has 13 heavy (non-hydrogen) atoms. The summed E-state index contributed by atoms with van der Waals surface area (Å²) in [4.78, 5) is 11.5. The van der Waals surface area contributed by atoms with Gasteiger partial charge in [-0.15, -0.1) is 0 Å². The summed E-state index contributed by atoms with van der Waals surface area (Å²) >= 11 is 0. The number of carbonyl (C=O) groups is 1. The van der Waals surface area contributed by atoms with Gasteiger partial charge in [-0.1, -0.05) is 26.7 Å². The Morgan fingerprint density at radius 3 is 2.31 bits per heavy atom. The Balaban J connectivity index is 2.25. The third kappa shape index (κ3) is 1.33. The molecule has 0 aromatic heterocycles. The van der Waals surface area contributed by atoms with E-state index in [0.717, 1.165) is 19.3 Å². The van der Waals surface area contributed by atoms with Gasteiger partial charge >= 0.3 is 0 Å². The van der Waals surface area contributed by atoms with Gasteiger partial charge in [0.1, 0.15) is 5.78 Å². The minimum atomic E-state index is 0.334. The molecule has 0 aromatic carbocycles. The van der Waals surface area contributed by atoms with Gasteiger partial charge in [0.25, 0.3) is 0 Å². The Morgan fingerprint density at radius 1 is 1.00 bits per heavy atom. The lowest BCUT2D eigenvalue weighted by Gasteiger charge is -2.53. The molecule has 0 amide bonds. The van der Waals surface area contributed by atoms with Crippen molar-refractivity contribution in [1.82, 2.24) is 0 Å². The minimum absolute atomic E-state index is 0.334. The van der Waals surface area contributed by atoms with Gasteiger partial charge in [-0.25, -0.2) is 0 Å². The van der Waals surface area contributed by atoms with Crippen molar-refractivity contribution in [3.8, 4) is 0 Å². The maximum Gasteiger partial charge on any atom is 0.133 e. The molecule has 2 rings (SSSR count). The topological polar surface area (TPSA) is 17.1 Å². The lowest BCUT2D eigenvalue weighted by atomic mass is 9.51. The fourth-order valence-electron chi connectivity index (χ4n) is 3.30. The van der Waals surface area contributed by atoms with Crippen molar-refractivity contribution >= 4 is 5.78 Å². The fraction of sp³-hybridized carbons (Fsp3) is 0.917. The Hall–Kier alpha value is -0.330. The third-order valence-electron chi connectivity index (χ3n) is 4.71. The number of rotatable bonds is 0. The molecule has 0 bridgehead atoms. The van der Waals surface area contributed by atoms with Crippen molar-refractivity contribution in [3.63, 3.8) is 0 Å². The van der Waals surface area contributed by atoms with Crippen LogP contribution in [0.5, 0.6) is 0 Å². The summed E-state index contributed by atoms with van der Waals surface area (Å²) in [7, 11) is 0. The SMILES string of the molecule is C[C@]12CCCC[C@@]1(C)CC(=O)CC2. The molecule has 74 valence electrons. The van der Waals surface area contributed by atoms with E-state index < -0.39 is 0 Å². The lowest BCUT2D eigenvalue weighted by Crippen LogP contribution is -2.45. The molecule has 2 saturated carbocycles. The van der Waals surface area contributed by atoms with E-state index in [0.29, 0.717) is 16.6 Å². The third-order valence-corrected chi connectivity index (χ3v) is 4.71. The van der Waals surface area contributed by atoms with Crippen molar-refractivity contribution in [1.29, 1.82) is 0 Å². The quantitative estimate of drug-likeness (QED) is 0.559. The highest BCUT2D eigenvalue weighted by Crippen LogP contribution is 2.57. The normalized spacial score (nSPS) is 45.8. The van der Waals surface area contributed by atoms with Gasteiger partial charge in [-0.2, -0.15) is 0 Å². The second-order valence-electron chi connectivity index (χ2n) is 5.54. The minimum Gasteiger partial charge on any atom is -0.300 e. The number of Topliss-reactive ketones (excluding diaryl/α,β-unsaturated/α-hetero) is 1. The second kappa shape index (κ2) is 2.83. The van der Waals surface area contributed by atoms with Crippen LogP contribution in [-0.2, 0) is 4.79 Å². The van der Waals surface area contributed by atoms with Crippen LogP contribution in [0, 0.1) is 10.8 Å². The average Bonchev–Trinajstić information content (AvgIpc) is 2.07. The van der Waals surface area contributed by atoms with Crippen LogP contribution in [0.25, 0.3) is 0 Å². The van der Waals surface area contributed by atoms with E-state index in [1.54, 1.807) is 0 Å².